The van der Waals surface area contributed by atoms with Crippen molar-refractivity contribution < 1.29 is 22.5 Å². The van der Waals surface area contributed by atoms with Crippen LogP contribution in [0.5, 0.6) is 0 Å². The highest BCUT2D eigenvalue weighted by Crippen LogP contribution is 2.35. The van der Waals surface area contributed by atoms with Crippen LogP contribution in [0, 0.1) is 19.8 Å². The van der Waals surface area contributed by atoms with E-state index in [0.29, 0.717) is 38.3 Å². The number of aryl methyl sites for hydroxylation is 2. The van der Waals surface area contributed by atoms with E-state index in [1.54, 1.807) is 13.8 Å². The summed E-state index contributed by atoms with van der Waals surface area (Å²) in [6.07, 6.45) is 2.20. The molecule has 0 radical (unpaired) electrons. The lowest BCUT2D eigenvalue weighted by atomic mass is 10.0. The molecule has 0 unspecified atom stereocenters. The number of ether oxygens (including phenoxy) is 1. The van der Waals surface area contributed by atoms with Gasteiger partial charge in [-0.05, 0) is 26.7 Å². The Bertz CT molecular complexity index is 695. The second-order valence-electron chi connectivity index (χ2n) is 6.28. The molecule has 2 aliphatic rings. The minimum absolute atomic E-state index is 0.0954. The van der Waals surface area contributed by atoms with Gasteiger partial charge in [0.2, 0.25) is 15.9 Å². The number of nitrogens with zero attached hydrogens (tertiary/aromatic N) is 2. The van der Waals surface area contributed by atoms with E-state index >= 15 is 0 Å². The van der Waals surface area contributed by atoms with Gasteiger partial charge < -0.3 is 14.6 Å². The van der Waals surface area contributed by atoms with Crippen LogP contribution in [0.25, 0.3) is 0 Å². The van der Waals surface area contributed by atoms with Gasteiger partial charge in [0.05, 0.1) is 19.1 Å². The summed E-state index contributed by atoms with van der Waals surface area (Å²) in [7, 11) is -3.81. The number of rotatable bonds is 2. The van der Waals surface area contributed by atoms with E-state index in [0.717, 1.165) is 6.42 Å². The van der Waals surface area contributed by atoms with Crippen LogP contribution in [-0.4, -0.2) is 56.1 Å². The van der Waals surface area contributed by atoms with E-state index in [1.165, 1.54) is 4.31 Å². The van der Waals surface area contributed by atoms with Crippen molar-refractivity contribution in [3.8, 4) is 0 Å². The van der Waals surface area contributed by atoms with Crippen molar-refractivity contribution in [2.24, 2.45) is 5.92 Å². The first kappa shape index (κ1) is 17.4. The second kappa shape index (κ2) is 6.81. The summed E-state index contributed by atoms with van der Waals surface area (Å²) < 4.78 is 38.4. The van der Waals surface area contributed by atoms with Crippen molar-refractivity contribution >= 4 is 15.9 Å². The number of carbonyl (C=O) groups is 1. The summed E-state index contributed by atoms with van der Waals surface area (Å²) in [5, 5.41) is 6.60. The van der Waals surface area contributed by atoms with Gasteiger partial charge in [0.1, 0.15) is 10.6 Å². The van der Waals surface area contributed by atoms with Gasteiger partial charge in [-0.1, -0.05) is 11.6 Å². The molecule has 0 spiro atoms. The van der Waals surface area contributed by atoms with Gasteiger partial charge in [-0.3, -0.25) is 4.79 Å². The Hall–Kier alpha value is -1.45. The maximum absolute atomic E-state index is 13.2. The first-order valence-corrected chi connectivity index (χ1v) is 9.67. The smallest absolute Gasteiger partial charge is 0.248 e. The van der Waals surface area contributed by atoms with Crippen LogP contribution in [0.2, 0.25) is 0 Å². The standard InChI is InChI=1S/C15H23N3O5S/c1-10-14(11(2)23-17-10)24(20,21)18-7-9-22-8-6-16-15(19)12-4-3-5-13(12)18/h12-13H,3-9H2,1-2H3,(H,16,19)/t12-,13+/m1/s1. The Morgan fingerprint density at radius 3 is 2.75 bits per heavy atom. The van der Waals surface area contributed by atoms with Crippen LogP contribution in [0.15, 0.2) is 9.42 Å². The number of nitrogens with one attached hydrogen (secondary N) is 1. The van der Waals surface area contributed by atoms with E-state index in [4.69, 9.17) is 9.26 Å². The number of hydrogen-bond acceptors (Lipinski definition) is 6. The van der Waals surface area contributed by atoms with Crippen molar-refractivity contribution in [1.82, 2.24) is 14.8 Å². The Morgan fingerprint density at radius 2 is 2.04 bits per heavy atom. The van der Waals surface area contributed by atoms with Gasteiger partial charge in [0.25, 0.3) is 0 Å². The third kappa shape index (κ3) is 3.07. The molecule has 2 atom stereocenters. The zero-order valence-corrected chi connectivity index (χ0v) is 14.8. The van der Waals surface area contributed by atoms with Gasteiger partial charge >= 0.3 is 0 Å². The zero-order valence-electron chi connectivity index (χ0n) is 13.9. The van der Waals surface area contributed by atoms with E-state index in [2.05, 4.69) is 10.5 Å². The largest absolute Gasteiger partial charge is 0.378 e. The van der Waals surface area contributed by atoms with Crippen LogP contribution in [0.1, 0.15) is 30.7 Å². The van der Waals surface area contributed by atoms with Crippen LogP contribution >= 0.6 is 0 Å². The molecule has 0 aromatic carbocycles. The zero-order chi connectivity index (χ0) is 17.3. The fourth-order valence-corrected chi connectivity index (χ4v) is 5.62. The molecular weight excluding hydrogens is 334 g/mol. The number of fused-ring (bicyclic) bond motifs is 1. The average Bonchev–Trinajstić information content (AvgIpc) is 3.13. The lowest BCUT2D eigenvalue weighted by Gasteiger charge is -2.32. The fourth-order valence-electron chi connectivity index (χ4n) is 3.65. The van der Waals surface area contributed by atoms with Gasteiger partial charge in [0.15, 0.2) is 5.76 Å². The molecule has 1 saturated carbocycles. The molecule has 1 amide bonds. The van der Waals surface area contributed by atoms with Crippen molar-refractivity contribution in [1.29, 1.82) is 0 Å². The molecule has 2 fully saturated rings. The van der Waals surface area contributed by atoms with Crippen molar-refractivity contribution in [3.05, 3.63) is 11.5 Å². The van der Waals surface area contributed by atoms with Crippen LogP contribution < -0.4 is 5.32 Å². The quantitative estimate of drug-likeness (QED) is 0.831. The molecule has 1 saturated heterocycles. The summed E-state index contributed by atoms with van der Waals surface area (Å²) in [5.41, 5.74) is 0.338. The predicted molar refractivity (Wildman–Crippen MR) is 84.8 cm³/mol. The highest BCUT2D eigenvalue weighted by atomic mass is 32.2. The molecule has 8 nitrogen and oxygen atoms in total. The number of carbonyl (C=O) groups excluding carboxylic acids is 1. The molecule has 2 heterocycles. The Morgan fingerprint density at radius 1 is 1.25 bits per heavy atom. The topological polar surface area (TPSA) is 102 Å². The van der Waals surface area contributed by atoms with E-state index in [9.17, 15) is 13.2 Å². The maximum atomic E-state index is 13.2. The van der Waals surface area contributed by atoms with Gasteiger partial charge in [-0.25, -0.2) is 8.42 Å². The van der Waals surface area contributed by atoms with Crippen molar-refractivity contribution in [2.45, 2.75) is 44.0 Å². The normalized spacial score (nSPS) is 26.8. The first-order chi connectivity index (χ1) is 11.4. The minimum atomic E-state index is -3.81. The van der Waals surface area contributed by atoms with E-state index < -0.39 is 10.0 Å². The molecule has 1 aliphatic carbocycles. The average molecular weight is 357 g/mol. The second-order valence-corrected chi connectivity index (χ2v) is 8.10. The summed E-state index contributed by atoms with van der Waals surface area (Å²) in [4.78, 5) is 12.5. The summed E-state index contributed by atoms with van der Waals surface area (Å²) in [5.74, 6) is -0.148. The molecule has 134 valence electrons. The Labute approximate surface area is 141 Å². The molecule has 3 rings (SSSR count). The van der Waals surface area contributed by atoms with Crippen LogP contribution in [-0.2, 0) is 19.6 Å². The molecule has 0 bridgehead atoms. The molecule has 1 aromatic rings. The minimum Gasteiger partial charge on any atom is -0.378 e. The lowest BCUT2D eigenvalue weighted by Crippen LogP contribution is -2.49. The molecule has 9 heteroatoms. The highest BCUT2D eigenvalue weighted by Gasteiger charge is 2.43. The van der Waals surface area contributed by atoms with Crippen molar-refractivity contribution in [3.63, 3.8) is 0 Å². The number of amides is 1. The van der Waals surface area contributed by atoms with E-state index in [1.807, 2.05) is 0 Å². The van der Waals surface area contributed by atoms with Crippen LogP contribution in [0.3, 0.4) is 0 Å². The molecular formula is C15H23N3O5S. The summed E-state index contributed by atoms with van der Waals surface area (Å²) in [6, 6.07) is -0.356. The number of hydrogen-bond donors (Lipinski definition) is 1. The molecule has 1 aliphatic heterocycles. The van der Waals surface area contributed by atoms with Crippen LogP contribution in [0.4, 0.5) is 0 Å². The Kier molecular flexibility index (Phi) is 4.93. The van der Waals surface area contributed by atoms with Gasteiger partial charge in [0, 0.05) is 19.1 Å². The SMILES string of the molecule is Cc1noc(C)c1S(=O)(=O)N1CCOCCNC(=O)[C@@H]2CCC[C@@H]21. The number of sulfonamides is 1. The first-order valence-electron chi connectivity index (χ1n) is 8.23. The van der Waals surface area contributed by atoms with Crippen molar-refractivity contribution in [2.75, 3.05) is 26.3 Å². The molecule has 24 heavy (non-hydrogen) atoms. The van der Waals surface area contributed by atoms with Gasteiger partial charge in [-0.15, -0.1) is 0 Å². The monoisotopic (exact) mass is 357 g/mol. The fraction of sp³-hybridized carbons (Fsp3) is 0.733. The number of aromatic nitrogens is 1. The third-order valence-electron chi connectivity index (χ3n) is 4.72. The molecule has 1 aromatic heterocycles. The summed E-state index contributed by atoms with van der Waals surface area (Å²) in [6.45, 7) is 4.55. The highest BCUT2D eigenvalue weighted by molar-refractivity contribution is 7.89. The maximum Gasteiger partial charge on any atom is 0.248 e. The van der Waals surface area contributed by atoms with Gasteiger partial charge in [-0.2, -0.15) is 4.31 Å². The summed E-state index contributed by atoms with van der Waals surface area (Å²) >= 11 is 0. The predicted octanol–water partition coefficient (Wildman–Crippen LogP) is 0.597. The van der Waals surface area contributed by atoms with E-state index in [-0.39, 0.29) is 35.1 Å². The third-order valence-corrected chi connectivity index (χ3v) is 6.89. The Balaban J connectivity index is 2.00. The lowest BCUT2D eigenvalue weighted by molar-refractivity contribution is -0.126. The molecule has 1 N–H and O–H groups in total.